The Balaban J connectivity index is 2.24. The zero-order valence-electron chi connectivity index (χ0n) is 6.32. The Hall–Kier alpha value is -0.250. The molecule has 0 spiro atoms. The number of nitrogens with zero attached hydrogens (tertiary/aromatic N) is 1. The van der Waals surface area contributed by atoms with Crippen molar-refractivity contribution in [1.82, 2.24) is 4.90 Å². The van der Waals surface area contributed by atoms with Crippen molar-refractivity contribution in [2.45, 2.75) is 25.4 Å². The lowest BCUT2D eigenvalue weighted by atomic mass is 10.1. The third kappa shape index (κ3) is 3.60. The van der Waals surface area contributed by atoms with Crippen LogP contribution in [-0.2, 0) is 0 Å². The number of likely N-dealkylation sites (tertiary alicyclic amines) is 1. The quantitative estimate of drug-likeness (QED) is 0.577. The summed E-state index contributed by atoms with van der Waals surface area (Å²) in [7, 11) is 0. The Bertz CT molecular complexity index is 115. The van der Waals surface area contributed by atoms with E-state index in [1.807, 2.05) is 0 Å². The van der Waals surface area contributed by atoms with E-state index in [-0.39, 0.29) is 0 Å². The van der Waals surface area contributed by atoms with Crippen LogP contribution in [0.15, 0.2) is 0 Å². The van der Waals surface area contributed by atoms with E-state index < -0.39 is 12.7 Å². The lowest BCUT2D eigenvalue weighted by Gasteiger charge is -2.26. The zero-order chi connectivity index (χ0) is 8.32. The first-order valence-corrected chi connectivity index (χ1v) is 3.87. The fraction of sp³-hybridized carbons (Fsp3) is 1.00. The van der Waals surface area contributed by atoms with Gasteiger partial charge in [0, 0.05) is 0 Å². The molecule has 1 aliphatic heterocycles. The van der Waals surface area contributed by atoms with Gasteiger partial charge in [-0.3, -0.25) is 4.90 Å². The van der Waals surface area contributed by atoms with E-state index in [9.17, 15) is 13.2 Å². The molecule has 1 aliphatic rings. The van der Waals surface area contributed by atoms with E-state index in [1.165, 1.54) is 4.90 Å². The SMILES string of the molecule is FC(F)(F)CN1CCCCC1. The highest BCUT2D eigenvalue weighted by atomic mass is 19.4. The smallest absolute Gasteiger partial charge is 0.295 e. The highest BCUT2D eigenvalue weighted by molar-refractivity contribution is 4.67. The van der Waals surface area contributed by atoms with Crippen LogP contribution in [0, 0.1) is 0 Å². The molecule has 1 fully saturated rings. The van der Waals surface area contributed by atoms with Crippen LogP contribution in [0.25, 0.3) is 0 Å². The molecular weight excluding hydrogens is 155 g/mol. The molecule has 1 nitrogen and oxygen atoms in total. The van der Waals surface area contributed by atoms with Crippen molar-refractivity contribution >= 4 is 0 Å². The number of piperidine rings is 1. The van der Waals surface area contributed by atoms with Gasteiger partial charge in [-0.25, -0.2) is 0 Å². The highest BCUT2D eigenvalue weighted by Crippen LogP contribution is 2.19. The van der Waals surface area contributed by atoms with Crippen molar-refractivity contribution in [2.75, 3.05) is 19.6 Å². The molecule has 0 aromatic rings. The Morgan fingerprint density at radius 2 is 1.55 bits per heavy atom. The molecule has 4 heteroatoms. The normalized spacial score (nSPS) is 22.1. The van der Waals surface area contributed by atoms with Crippen molar-refractivity contribution in [3.8, 4) is 0 Å². The van der Waals surface area contributed by atoms with E-state index >= 15 is 0 Å². The lowest BCUT2D eigenvalue weighted by molar-refractivity contribution is -0.147. The predicted octanol–water partition coefficient (Wildman–Crippen LogP) is 2.03. The van der Waals surface area contributed by atoms with Crippen LogP contribution in [0.3, 0.4) is 0 Å². The first kappa shape index (κ1) is 8.84. The topological polar surface area (TPSA) is 3.24 Å². The molecule has 0 saturated carbocycles. The molecule has 66 valence electrons. The Labute approximate surface area is 64.2 Å². The molecule has 0 bridgehead atoms. The van der Waals surface area contributed by atoms with Gasteiger partial charge in [0.05, 0.1) is 6.54 Å². The van der Waals surface area contributed by atoms with E-state index in [2.05, 4.69) is 0 Å². The summed E-state index contributed by atoms with van der Waals surface area (Å²) >= 11 is 0. The maximum Gasteiger partial charge on any atom is 0.401 e. The molecule has 0 aromatic carbocycles. The molecule has 0 unspecified atom stereocenters. The molecule has 0 aromatic heterocycles. The summed E-state index contributed by atoms with van der Waals surface area (Å²) in [6.45, 7) is 0.492. The molecule has 1 heterocycles. The number of alkyl halides is 3. The van der Waals surface area contributed by atoms with Crippen molar-refractivity contribution in [1.29, 1.82) is 0 Å². The maximum absolute atomic E-state index is 11.8. The number of rotatable bonds is 1. The average Bonchev–Trinajstić information content (AvgIpc) is 1.85. The van der Waals surface area contributed by atoms with Crippen LogP contribution in [-0.4, -0.2) is 30.7 Å². The van der Waals surface area contributed by atoms with Crippen molar-refractivity contribution in [2.24, 2.45) is 0 Å². The van der Waals surface area contributed by atoms with Gasteiger partial charge in [0.15, 0.2) is 0 Å². The van der Waals surface area contributed by atoms with Gasteiger partial charge < -0.3 is 0 Å². The highest BCUT2D eigenvalue weighted by Gasteiger charge is 2.30. The van der Waals surface area contributed by atoms with Gasteiger partial charge in [0.2, 0.25) is 0 Å². The first-order chi connectivity index (χ1) is 5.08. The Kier molecular flexibility index (Phi) is 2.76. The van der Waals surface area contributed by atoms with E-state index in [1.54, 1.807) is 0 Å². The molecule has 11 heavy (non-hydrogen) atoms. The van der Waals surface area contributed by atoms with Gasteiger partial charge in [-0.1, -0.05) is 6.42 Å². The standard InChI is InChI=1S/C7H12F3N/c8-7(9,10)6-11-4-2-1-3-5-11/h1-6H2. The largest absolute Gasteiger partial charge is 0.401 e. The Morgan fingerprint density at radius 1 is 1.00 bits per heavy atom. The van der Waals surface area contributed by atoms with Crippen LogP contribution < -0.4 is 0 Å². The summed E-state index contributed by atoms with van der Waals surface area (Å²) in [5.74, 6) is 0. The minimum Gasteiger partial charge on any atom is -0.295 e. The van der Waals surface area contributed by atoms with Gasteiger partial charge in [0.1, 0.15) is 0 Å². The minimum atomic E-state index is -4.02. The molecule has 1 saturated heterocycles. The zero-order valence-corrected chi connectivity index (χ0v) is 6.32. The van der Waals surface area contributed by atoms with E-state index in [4.69, 9.17) is 0 Å². The second-order valence-corrected chi connectivity index (χ2v) is 2.95. The van der Waals surface area contributed by atoms with Crippen molar-refractivity contribution in [3.63, 3.8) is 0 Å². The molecule has 0 radical (unpaired) electrons. The molecular formula is C7H12F3N. The number of hydrogen-bond acceptors (Lipinski definition) is 1. The maximum atomic E-state index is 11.8. The Morgan fingerprint density at radius 3 is 2.00 bits per heavy atom. The molecule has 0 aliphatic carbocycles. The van der Waals surface area contributed by atoms with Gasteiger partial charge in [-0.15, -0.1) is 0 Å². The second kappa shape index (κ2) is 3.43. The molecule has 1 rings (SSSR count). The van der Waals surface area contributed by atoms with E-state index in [0.717, 1.165) is 19.3 Å². The van der Waals surface area contributed by atoms with Crippen LogP contribution in [0.5, 0.6) is 0 Å². The fourth-order valence-electron chi connectivity index (χ4n) is 1.37. The summed E-state index contributed by atoms with van der Waals surface area (Å²) in [5.41, 5.74) is 0. The first-order valence-electron chi connectivity index (χ1n) is 3.87. The van der Waals surface area contributed by atoms with Crippen molar-refractivity contribution in [3.05, 3.63) is 0 Å². The van der Waals surface area contributed by atoms with Gasteiger partial charge >= 0.3 is 6.18 Å². The monoisotopic (exact) mass is 167 g/mol. The molecule has 0 N–H and O–H groups in total. The average molecular weight is 167 g/mol. The summed E-state index contributed by atoms with van der Waals surface area (Å²) in [6.07, 6.45) is -1.11. The van der Waals surface area contributed by atoms with Gasteiger partial charge in [-0.2, -0.15) is 13.2 Å². The molecule has 0 atom stereocenters. The summed E-state index contributed by atoms with van der Waals surface area (Å²) < 4.78 is 35.4. The molecule has 0 amide bonds. The summed E-state index contributed by atoms with van der Waals surface area (Å²) in [6, 6.07) is 0. The minimum absolute atomic E-state index is 0.611. The number of halogens is 3. The summed E-state index contributed by atoms with van der Waals surface area (Å²) in [5, 5.41) is 0. The van der Waals surface area contributed by atoms with Gasteiger partial charge in [-0.05, 0) is 25.9 Å². The van der Waals surface area contributed by atoms with Crippen LogP contribution in [0.4, 0.5) is 13.2 Å². The van der Waals surface area contributed by atoms with Crippen molar-refractivity contribution < 1.29 is 13.2 Å². The van der Waals surface area contributed by atoms with Crippen LogP contribution >= 0.6 is 0 Å². The third-order valence-corrected chi connectivity index (χ3v) is 1.85. The van der Waals surface area contributed by atoms with E-state index in [0.29, 0.717) is 13.1 Å². The second-order valence-electron chi connectivity index (χ2n) is 2.95. The summed E-state index contributed by atoms with van der Waals surface area (Å²) in [4.78, 5) is 1.48. The van der Waals surface area contributed by atoms with Crippen LogP contribution in [0.2, 0.25) is 0 Å². The van der Waals surface area contributed by atoms with Gasteiger partial charge in [0.25, 0.3) is 0 Å². The predicted molar refractivity (Wildman–Crippen MR) is 36.3 cm³/mol. The third-order valence-electron chi connectivity index (χ3n) is 1.85. The van der Waals surface area contributed by atoms with Crippen LogP contribution in [0.1, 0.15) is 19.3 Å². The fourth-order valence-corrected chi connectivity index (χ4v) is 1.37. The lowest BCUT2D eigenvalue weighted by Crippen LogP contribution is -2.37. The number of hydrogen-bond donors (Lipinski definition) is 0.